The Morgan fingerprint density at radius 1 is 0.920 bits per heavy atom. The average molecular weight is 367 g/mol. The second kappa shape index (κ2) is 8.65. The lowest BCUT2D eigenvalue weighted by atomic mass is 10.1. The Hall–Kier alpha value is -2.37. The van der Waals surface area contributed by atoms with Gasteiger partial charge in [0.1, 0.15) is 5.37 Å². The third kappa shape index (κ3) is 4.81. The van der Waals surface area contributed by atoms with E-state index in [4.69, 9.17) is 0 Å². The summed E-state index contributed by atoms with van der Waals surface area (Å²) in [6.07, 6.45) is 0. The molecule has 1 unspecified atom stereocenters. The molecule has 0 fully saturated rings. The number of nitrogens with one attached hydrogen (secondary N) is 1. The summed E-state index contributed by atoms with van der Waals surface area (Å²) in [5.74, 6) is 0.339. The minimum atomic E-state index is -0.628. The van der Waals surface area contributed by atoms with Gasteiger partial charge < -0.3 is 5.32 Å². The summed E-state index contributed by atoms with van der Waals surface area (Å²) >= 11 is 2.79. The summed E-state index contributed by atoms with van der Waals surface area (Å²) in [5.41, 5.74) is 1.71. The van der Waals surface area contributed by atoms with E-state index in [0.717, 1.165) is 5.56 Å². The van der Waals surface area contributed by atoms with Crippen LogP contribution >= 0.6 is 23.1 Å². The highest BCUT2D eigenvalue weighted by molar-refractivity contribution is 7.99. The Morgan fingerprint density at radius 2 is 1.60 bits per heavy atom. The molecule has 2 aromatic carbocycles. The lowest BCUT2D eigenvalue weighted by molar-refractivity contribution is 0.0894. The van der Waals surface area contributed by atoms with E-state index in [0.29, 0.717) is 16.2 Å². The third-order valence-electron chi connectivity index (χ3n) is 3.56. The van der Waals surface area contributed by atoms with Crippen molar-refractivity contribution < 1.29 is 9.59 Å². The SMILES string of the molecule is O=C(NC(SCc1ccccc1)C(=O)c1ccccc1)c1cccs1. The first-order valence-electron chi connectivity index (χ1n) is 7.83. The number of hydrogen-bond donors (Lipinski definition) is 1. The van der Waals surface area contributed by atoms with Crippen LogP contribution in [0.5, 0.6) is 0 Å². The molecule has 0 aliphatic rings. The number of rotatable bonds is 7. The molecule has 1 aromatic heterocycles. The zero-order chi connectivity index (χ0) is 17.5. The van der Waals surface area contributed by atoms with Crippen molar-refractivity contribution >= 4 is 34.8 Å². The van der Waals surface area contributed by atoms with Gasteiger partial charge in [-0.05, 0) is 17.0 Å². The molecule has 3 rings (SSSR count). The molecule has 1 amide bonds. The molecule has 1 atom stereocenters. The number of ketones is 1. The first-order valence-corrected chi connectivity index (χ1v) is 9.76. The number of thiophene rings is 1. The summed E-state index contributed by atoms with van der Waals surface area (Å²) in [4.78, 5) is 25.8. The van der Waals surface area contributed by atoms with E-state index >= 15 is 0 Å². The fourth-order valence-corrected chi connectivity index (χ4v) is 3.94. The van der Waals surface area contributed by atoms with Crippen LogP contribution in [0.2, 0.25) is 0 Å². The number of thioether (sulfide) groups is 1. The monoisotopic (exact) mass is 367 g/mol. The van der Waals surface area contributed by atoms with Crippen LogP contribution in [0.3, 0.4) is 0 Å². The van der Waals surface area contributed by atoms with Crippen LogP contribution in [0.15, 0.2) is 78.2 Å². The highest BCUT2D eigenvalue weighted by atomic mass is 32.2. The van der Waals surface area contributed by atoms with Crippen molar-refractivity contribution in [3.8, 4) is 0 Å². The van der Waals surface area contributed by atoms with Gasteiger partial charge in [0.2, 0.25) is 0 Å². The molecule has 5 heteroatoms. The third-order valence-corrected chi connectivity index (χ3v) is 5.60. The fourth-order valence-electron chi connectivity index (χ4n) is 2.29. The van der Waals surface area contributed by atoms with Gasteiger partial charge in [-0.3, -0.25) is 9.59 Å². The van der Waals surface area contributed by atoms with E-state index in [-0.39, 0.29) is 11.7 Å². The molecule has 0 bridgehead atoms. The van der Waals surface area contributed by atoms with Crippen molar-refractivity contribution in [3.63, 3.8) is 0 Å². The molecule has 0 aliphatic carbocycles. The fraction of sp³-hybridized carbons (Fsp3) is 0.100. The molecule has 0 spiro atoms. The van der Waals surface area contributed by atoms with E-state index in [1.165, 1.54) is 23.1 Å². The number of Topliss-reactive ketones (excluding diaryl/α,β-unsaturated/α-hetero) is 1. The van der Waals surface area contributed by atoms with E-state index in [1.807, 2.05) is 60.0 Å². The van der Waals surface area contributed by atoms with Gasteiger partial charge in [0.05, 0.1) is 4.88 Å². The van der Waals surface area contributed by atoms with Crippen LogP contribution in [-0.4, -0.2) is 17.1 Å². The van der Waals surface area contributed by atoms with Gasteiger partial charge in [0.25, 0.3) is 5.91 Å². The van der Waals surface area contributed by atoms with Gasteiger partial charge in [-0.25, -0.2) is 0 Å². The summed E-state index contributed by atoms with van der Waals surface area (Å²) in [5, 5.41) is 4.09. The predicted octanol–water partition coefficient (Wildman–Crippen LogP) is 4.62. The van der Waals surface area contributed by atoms with Gasteiger partial charge in [0, 0.05) is 11.3 Å². The van der Waals surface area contributed by atoms with Crippen molar-refractivity contribution in [1.29, 1.82) is 0 Å². The Labute approximate surface area is 155 Å². The molecule has 0 saturated heterocycles. The first kappa shape index (κ1) is 17.5. The van der Waals surface area contributed by atoms with Crippen LogP contribution in [-0.2, 0) is 5.75 Å². The second-order valence-electron chi connectivity index (χ2n) is 5.36. The molecule has 25 heavy (non-hydrogen) atoms. The highest BCUT2D eigenvalue weighted by Gasteiger charge is 2.23. The van der Waals surface area contributed by atoms with E-state index in [1.54, 1.807) is 18.2 Å². The zero-order valence-electron chi connectivity index (χ0n) is 13.4. The van der Waals surface area contributed by atoms with Crippen LogP contribution in [0, 0.1) is 0 Å². The first-order chi connectivity index (χ1) is 12.2. The van der Waals surface area contributed by atoms with Gasteiger partial charge in [0.15, 0.2) is 5.78 Å². The smallest absolute Gasteiger partial charge is 0.262 e. The molecule has 1 heterocycles. The Bertz CT molecular complexity index is 817. The maximum absolute atomic E-state index is 12.8. The van der Waals surface area contributed by atoms with Crippen LogP contribution in [0.25, 0.3) is 0 Å². The minimum absolute atomic E-state index is 0.0913. The average Bonchev–Trinajstić information content (AvgIpc) is 3.21. The molecule has 0 saturated carbocycles. The van der Waals surface area contributed by atoms with Crippen LogP contribution in [0.1, 0.15) is 25.6 Å². The number of carbonyl (C=O) groups is 2. The second-order valence-corrected chi connectivity index (χ2v) is 7.40. The van der Waals surface area contributed by atoms with Crippen LogP contribution in [0.4, 0.5) is 0 Å². The highest BCUT2D eigenvalue weighted by Crippen LogP contribution is 2.21. The van der Waals surface area contributed by atoms with Crippen LogP contribution < -0.4 is 5.32 Å². The van der Waals surface area contributed by atoms with Crippen molar-refractivity contribution in [3.05, 3.63) is 94.2 Å². The largest absolute Gasteiger partial charge is 0.332 e. The number of benzene rings is 2. The molecule has 126 valence electrons. The standard InChI is InChI=1S/C20H17NO2S2/c22-18(16-10-5-2-6-11-16)20(21-19(23)17-12-7-13-24-17)25-14-15-8-3-1-4-9-15/h1-13,20H,14H2,(H,21,23). The van der Waals surface area contributed by atoms with E-state index in [2.05, 4.69) is 5.32 Å². The van der Waals surface area contributed by atoms with E-state index < -0.39 is 5.37 Å². The van der Waals surface area contributed by atoms with Gasteiger partial charge in [-0.2, -0.15) is 0 Å². The Balaban J connectivity index is 1.75. The molecule has 0 radical (unpaired) electrons. The molecule has 3 aromatic rings. The van der Waals surface area contributed by atoms with Crippen molar-refractivity contribution in [2.45, 2.75) is 11.1 Å². The zero-order valence-corrected chi connectivity index (χ0v) is 15.1. The maximum atomic E-state index is 12.8. The number of hydrogen-bond acceptors (Lipinski definition) is 4. The lowest BCUT2D eigenvalue weighted by Crippen LogP contribution is -2.38. The topological polar surface area (TPSA) is 46.2 Å². The summed E-state index contributed by atoms with van der Waals surface area (Å²) in [6, 6.07) is 22.6. The van der Waals surface area contributed by atoms with Crippen molar-refractivity contribution in [2.75, 3.05) is 0 Å². The summed E-state index contributed by atoms with van der Waals surface area (Å²) < 4.78 is 0. The van der Waals surface area contributed by atoms with Crippen molar-refractivity contribution in [2.24, 2.45) is 0 Å². The quantitative estimate of drug-likeness (QED) is 0.489. The Morgan fingerprint density at radius 3 is 2.24 bits per heavy atom. The molecule has 1 N–H and O–H groups in total. The molecule has 3 nitrogen and oxygen atoms in total. The summed E-state index contributed by atoms with van der Waals surface area (Å²) in [7, 11) is 0. The molecule has 0 aliphatic heterocycles. The Kier molecular flexibility index (Phi) is 6.04. The number of amides is 1. The van der Waals surface area contributed by atoms with Gasteiger partial charge in [-0.1, -0.05) is 66.7 Å². The minimum Gasteiger partial charge on any atom is -0.332 e. The van der Waals surface area contributed by atoms with Crippen molar-refractivity contribution in [1.82, 2.24) is 5.32 Å². The van der Waals surface area contributed by atoms with Gasteiger partial charge in [-0.15, -0.1) is 23.1 Å². The predicted molar refractivity (Wildman–Crippen MR) is 104 cm³/mol. The lowest BCUT2D eigenvalue weighted by Gasteiger charge is -2.17. The van der Waals surface area contributed by atoms with E-state index in [9.17, 15) is 9.59 Å². The molecular weight excluding hydrogens is 350 g/mol. The maximum Gasteiger partial charge on any atom is 0.262 e. The number of carbonyl (C=O) groups excluding carboxylic acids is 2. The molecular formula is C20H17NO2S2. The normalized spacial score (nSPS) is 11.7. The summed E-state index contributed by atoms with van der Waals surface area (Å²) in [6.45, 7) is 0. The van der Waals surface area contributed by atoms with Gasteiger partial charge >= 0.3 is 0 Å².